The summed E-state index contributed by atoms with van der Waals surface area (Å²) in [6.45, 7) is 12.9. The van der Waals surface area contributed by atoms with Crippen molar-refractivity contribution in [1.29, 1.82) is 0 Å². The number of nitrogens with one attached hydrogen (secondary N) is 4. The Labute approximate surface area is 168 Å². The van der Waals surface area contributed by atoms with Crippen LogP contribution in [-0.4, -0.2) is 35.8 Å². The zero-order chi connectivity index (χ0) is 21.1. The molecule has 29 heavy (non-hydrogen) atoms. The molecule has 148 valence electrons. The molecule has 0 atom stereocenters. The molecule has 0 radical (unpaired) electrons. The minimum absolute atomic E-state index is 0.154. The lowest BCUT2D eigenvalue weighted by Crippen LogP contribution is -2.34. The first-order valence-corrected chi connectivity index (χ1v) is 9.08. The third kappa shape index (κ3) is 4.04. The monoisotopic (exact) mass is 391 g/mol. The van der Waals surface area contributed by atoms with Crippen LogP contribution in [0, 0.1) is 20.4 Å². The smallest absolute Gasteiger partial charge is 0.256 e. The van der Waals surface area contributed by atoms with Gasteiger partial charge in [0.25, 0.3) is 11.8 Å². The number of hydrogen-bond donors (Lipinski definition) is 4. The predicted octanol–water partition coefficient (Wildman–Crippen LogP) is 2.54. The van der Waals surface area contributed by atoms with Gasteiger partial charge in [-0.3, -0.25) is 14.4 Å². The maximum absolute atomic E-state index is 12.6. The van der Waals surface area contributed by atoms with E-state index < -0.39 is 0 Å². The number of fused-ring (bicyclic) bond motifs is 1. The average Bonchev–Trinajstić information content (AvgIpc) is 3.14. The summed E-state index contributed by atoms with van der Waals surface area (Å²) >= 11 is 0. The van der Waals surface area contributed by atoms with Gasteiger partial charge in [0.1, 0.15) is 0 Å². The lowest BCUT2D eigenvalue weighted by atomic mass is 10.0. The van der Waals surface area contributed by atoms with E-state index in [4.69, 9.17) is 6.57 Å². The quantitative estimate of drug-likeness (QED) is 0.357. The van der Waals surface area contributed by atoms with Crippen molar-refractivity contribution in [1.82, 2.24) is 15.6 Å². The van der Waals surface area contributed by atoms with E-state index in [9.17, 15) is 14.4 Å². The maximum atomic E-state index is 12.6. The minimum atomic E-state index is -0.255. The summed E-state index contributed by atoms with van der Waals surface area (Å²) in [7, 11) is 0. The third-order valence-electron chi connectivity index (χ3n) is 4.69. The number of aryl methyl sites for hydroxylation is 1. The Morgan fingerprint density at radius 2 is 1.93 bits per heavy atom. The fraction of sp³-hybridized carbons (Fsp3) is 0.238. The number of rotatable bonds is 5. The number of aromatic amines is 1. The van der Waals surface area contributed by atoms with Gasteiger partial charge in [0, 0.05) is 48.2 Å². The molecule has 8 nitrogen and oxygen atoms in total. The number of H-pyrrole nitrogens is 1. The van der Waals surface area contributed by atoms with Crippen LogP contribution in [0.3, 0.4) is 0 Å². The number of carbonyl (C=O) groups excluding carboxylic acids is 3. The van der Waals surface area contributed by atoms with Gasteiger partial charge < -0.3 is 20.9 Å². The Bertz CT molecular complexity index is 1090. The van der Waals surface area contributed by atoms with Crippen molar-refractivity contribution in [3.8, 4) is 0 Å². The summed E-state index contributed by atoms with van der Waals surface area (Å²) in [6.07, 6.45) is 1.70. The van der Waals surface area contributed by atoms with Crippen molar-refractivity contribution in [3.05, 3.63) is 57.7 Å². The molecular formula is C21H21N5O3. The van der Waals surface area contributed by atoms with Crippen molar-refractivity contribution in [3.63, 3.8) is 0 Å². The van der Waals surface area contributed by atoms with Crippen molar-refractivity contribution >= 4 is 40.7 Å². The molecule has 0 spiro atoms. The van der Waals surface area contributed by atoms with Crippen LogP contribution in [0.2, 0.25) is 0 Å². The molecule has 1 aromatic heterocycles. The van der Waals surface area contributed by atoms with Crippen LogP contribution >= 0.6 is 0 Å². The molecule has 1 aromatic carbocycles. The average molecular weight is 391 g/mol. The molecule has 0 unspecified atom stereocenters. The van der Waals surface area contributed by atoms with Crippen molar-refractivity contribution in [2.45, 2.75) is 20.8 Å². The van der Waals surface area contributed by atoms with Gasteiger partial charge in [0.2, 0.25) is 5.91 Å². The fourth-order valence-corrected chi connectivity index (χ4v) is 3.30. The first kappa shape index (κ1) is 19.9. The molecule has 0 bridgehead atoms. The Morgan fingerprint density at radius 3 is 2.62 bits per heavy atom. The third-order valence-corrected chi connectivity index (χ3v) is 4.69. The Morgan fingerprint density at radius 1 is 1.21 bits per heavy atom. The van der Waals surface area contributed by atoms with Gasteiger partial charge in [-0.1, -0.05) is 6.07 Å². The van der Waals surface area contributed by atoms with Gasteiger partial charge in [-0.2, -0.15) is 0 Å². The van der Waals surface area contributed by atoms with Crippen molar-refractivity contribution in [2.24, 2.45) is 0 Å². The summed E-state index contributed by atoms with van der Waals surface area (Å²) in [5.74, 6) is -0.661. The molecule has 2 heterocycles. The number of benzene rings is 1. The standard InChI is InChI=1S/C21H21N5O3/c1-11-18(25-12(2)19(11)21(29)24-8-7-23-13(3)27)10-16-15-9-14(22-4)5-6-17(15)26-20(16)28/h5-6,9-10,25H,7-8H2,1-3H3,(H,23,27)(H,24,29)(H,26,28)/b16-10-. The molecule has 0 fully saturated rings. The highest BCUT2D eigenvalue weighted by Crippen LogP contribution is 2.36. The second-order valence-electron chi connectivity index (χ2n) is 6.76. The number of anilines is 1. The zero-order valence-electron chi connectivity index (χ0n) is 16.4. The van der Waals surface area contributed by atoms with E-state index in [1.807, 2.05) is 6.92 Å². The van der Waals surface area contributed by atoms with Gasteiger partial charge in [0.05, 0.1) is 12.1 Å². The number of aromatic nitrogens is 1. The highest BCUT2D eigenvalue weighted by Gasteiger charge is 2.25. The Balaban J connectivity index is 1.88. The van der Waals surface area contributed by atoms with Gasteiger partial charge in [-0.05, 0) is 37.6 Å². The summed E-state index contributed by atoms with van der Waals surface area (Å²) < 4.78 is 0. The van der Waals surface area contributed by atoms with E-state index in [1.165, 1.54) is 6.92 Å². The molecule has 0 saturated heterocycles. The normalized spacial score (nSPS) is 13.6. The van der Waals surface area contributed by atoms with Gasteiger partial charge >= 0.3 is 0 Å². The molecule has 2 aromatic rings. The molecule has 3 rings (SSSR count). The van der Waals surface area contributed by atoms with Crippen LogP contribution in [0.25, 0.3) is 16.5 Å². The Kier molecular flexibility index (Phi) is 5.50. The summed E-state index contributed by atoms with van der Waals surface area (Å²) in [6, 6.07) is 5.04. The molecule has 1 aliphatic heterocycles. The number of hydrogen-bond acceptors (Lipinski definition) is 3. The maximum Gasteiger partial charge on any atom is 0.256 e. The summed E-state index contributed by atoms with van der Waals surface area (Å²) in [4.78, 5) is 42.5. The zero-order valence-corrected chi connectivity index (χ0v) is 16.4. The number of nitrogens with zero attached hydrogens (tertiary/aromatic N) is 1. The number of amides is 3. The van der Waals surface area contributed by atoms with Crippen molar-refractivity contribution < 1.29 is 14.4 Å². The van der Waals surface area contributed by atoms with Crippen LogP contribution in [0.1, 0.15) is 39.8 Å². The van der Waals surface area contributed by atoms with E-state index in [0.717, 1.165) is 5.56 Å². The molecule has 4 N–H and O–H groups in total. The number of carbonyl (C=O) groups is 3. The highest BCUT2D eigenvalue weighted by molar-refractivity contribution is 6.35. The van der Waals surface area contributed by atoms with Crippen LogP contribution < -0.4 is 16.0 Å². The SMILES string of the molecule is [C-]#[N+]c1ccc2c(c1)/C(=C/c1[nH]c(C)c(C(=O)NCCNC(C)=O)c1C)C(=O)N2. The largest absolute Gasteiger partial charge is 0.358 e. The molecule has 1 aliphatic rings. The predicted molar refractivity (Wildman–Crippen MR) is 110 cm³/mol. The summed E-state index contributed by atoms with van der Waals surface area (Å²) in [5, 5.41) is 8.19. The molecular weight excluding hydrogens is 370 g/mol. The second kappa shape index (κ2) is 8.02. The van der Waals surface area contributed by atoms with Crippen molar-refractivity contribution in [2.75, 3.05) is 18.4 Å². The molecule has 0 aliphatic carbocycles. The van der Waals surface area contributed by atoms with Gasteiger partial charge in [0.15, 0.2) is 5.69 Å². The Hall–Kier alpha value is -3.86. The lowest BCUT2D eigenvalue weighted by molar-refractivity contribution is -0.119. The molecule has 0 saturated carbocycles. The van der Waals surface area contributed by atoms with Crippen LogP contribution in [-0.2, 0) is 9.59 Å². The van der Waals surface area contributed by atoms with E-state index in [-0.39, 0.29) is 17.7 Å². The first-order valence-electron chi connectivity index (χ1n) is 9.08. The van der Waals surface area contributed by atoms with Gasteiger partial charge in [-0.25, -0.2) is 4.85 Å². The van der Waals surface area contributed by atoms with Crippen LogP contribution in [0.15, 0.2) is 18.2 Å². The van der Waals surface area contributed by atoms with Crippen LogP contribution in [0.4, 0.5) is 11.4 Å². The second-order valence-corrected chi connectivity index (χ2v) is 6.76. The summed E-state index contributed by atoms with van der Waals surface area (Å²) in [5.41, 5.74) is 4.77. The van der Waals surface area contributed by atoms with E-state index in [1.54, 1.807) is 31.2 Å². The van der Waals surface area contributed by atoms with Gasteiger partial charge in [-0.15, -0.1) is 0 Å². The topological polar surface area (TPSA) is 107 Å². The van der Waals surface area contributed by atoms with Crippen LogP contribution in [0.5, 0.6) is 0 Å². The van der Waals surface area contributed by atoms with E-state index in [2.05, 4.69) is 25.8 Å². The van der Waals surface area contributed by atoms with E-state index in [0.29, 0.717) is 52.6 Å². The molecule has 8 heteroatoms. The lowest BCUT2D eigenvalue weighted by Gasteiger charge is -2.06. The van der Waals surface area contributed by atoms with E-state index >= 15 is 0 Å². The molecule has 3 amide bonds. The first-order chi connectivity index (χ1) is 13.8. The fourth-order valence-electron chi connectivity index (χ4n) is 3.30. The highest BCUT2D eigenvalue weighted by atomic mass is 16.2. The minimum Gasteiger partial charge on any atom is -0.358 e.